The fourth-order valence-corrected chi connectivity index (χ4v) is 2.85. The summed E-state index contributed by atoms with van der Waals surface area (Å²) in [5, 5.41) is 20.6. The fraction of sp³-hybridized carbons (Fsp3) is 0.455. The molecule has 0 amide bonds. The van der Waals surface area contributed by atoms with Crippen LogP contribution < -0.4 is 18.9 Å². The lowest BCUT2D eigenvalue weighted by atomic mass is 9.87. The van der Waals surface area contributed by atoms with Gasteiger partial charge in [-0.15, -0.1) is 0 Å². The Kier molecular flexibility index (Phi) is 7.16. The second kappa shape index (κ2) is 9.17. The molecule has 154 valence electrons. The van der Waals surface area contributed by atoms with Gasteiger partial charge in [0, 0.05) is 0 Å². The standard InChI is InChI=1S/C22H30O6/c1-22(2,3)15-8-10-17(19(12-15)27-6)28-20(13-23)21(24)14-7-9-16(25-4)18(11-14)26-5/h7-12,20-21,23-24H,13H2,1-6H3. The summed E-state index contributed by atoms with van der Waals surface area (Å²) < 4.78 is 21.9. The molecule has 0 radical (unpaired) electrons. The largest absolute Gasteiger partial charge is 0.493 e. The molecule has 2 atom stereocenters. The maximum atomic E-state index is 10.8. The van der Waals surface area contributed by atoms with Gasteiger partial charge in [-0.25, -0.2) is 0 Å². The summed E-state index contributed by atoms with van der Waals surface area (Å²) >= 11 is 0. The van der Waals surface area contributed by atoms with Crippen LogP contribution in [0.3, 0.4) is 0 Å². The quantitative estimate of drug-likeness (QED) is 0.719. The molecular weight excluding hydrogens is 360 g/mol. The molecule has 0 aromatic heterocycles. The van der Waals surface area contributed by atoms with Crippen molar-refractivity contribution in [1.82, 2.24) is 0 Å². The van der Waals surface area contributed by atoms with Crippen LogP contribution in [0.25, 0.3) is 0 Å². The highest BCUT2D eigenvalue weighted by Crippen LogP contribution is 2.36. The van der Waals surface area contributed by atoms with Crippen molar-refractivity contribution in [3.63, 3.8) is 0 Å². The zero-order chi connectivity index (χ0) is 20.9. The lowest BCUT2D eigenvalue weighted by Gasteiger charge is -2.25. The van der Waals surface area contributed by atoms with E-state index in [4.69, 9.17) is 18.9 Å². The van der Waals surface area contributed by atoms with Crippen LogP contribution in [0, 0.1) is 0 Å². The van der Waals surface area contributed by atoms with Crippen LogP contribution in [-0.4, -0.2) is 44.3 Å². The smallest absolute Gasteiger partial charge is 0.161 e. The molecule has 0 aliphatic carbocycles. The summed E-state index contributed by atoms with van der Waals surface area (Å²) in [6.45, 7) is 5.96. The molecule has 0 spiro atoms. The first-order valence-corrected chi connectivity index (χ1v) is 9.11. The van der Waals surface area contributed by atoms with Crippen molar-refractivity contribution in [2.45, 2.75) is 38.4 Å². The van der Waals surface area contributed by atoms with E-state index in [1.54, 1.807) is 38.5 Å². The van der Waals surface area contributed by atoms with Crippen LogP contribution in [0.1, 0.15) is 38.0 Å². The highest BCUT2D eigenvalue weighted by atomic mass is 16.5. The number of aliphatic hydroxyl groups excluding tert-OH is 2. The van der Waals surface area contributed by atoms with Gasteiger partial charge in [-0.05, 0) is 40.8 Å². The van der Waals surface area contributed by atoms with Crippen LogP contribution in [0.15, 0.2) is 36.4 Å². The van der Waals surface area contributed by atoms with E-state index in [0.717, 1.165) is 5.56 Å². The van der Waals surface area contributed by atoms with Gasteiger partial charge in [-0.2, -0.15) is 0 Å². The average Bonchev–Trinajstić information content (AvgIpc) is 2.70. The Labute approximate surface area is 166 Å². The predicted octanol–water partition coefficient (Wildman–Crippen LogP) is 3.48. The molecule has 0 saturated heterocycles. The minimum atomic E-state index is -1.07. The summed E-state index contributed by atoms with van der Waals surface area (Å²) in [5.41, 5.74) is 1.60. The molecule has 0 aliphatic rings. The van der Waals surface area contributed by atoms with E-state index >= 15 is 0 Å². The topological polar surface area (TPSA) is 77.4 Å². The SMILES string of the molecule is COc1ccc(C(O)C(CO)Oc2ccc(C(C)(C)C)cc2OC)cc1OC. The first-order valence-electron chi connectivity index (χ1n) is 9.11. The van der Waals surface area contributed by atoms with Crippen LogP contribution in [0.5, 0.6) is 23.0 Å². The first kappa shape index (κ1) is 21.9. The predicted molar refractivity (Wildman–Crippen MR) is 108 cm³/mol. The van der Waals surface area contributed by atoms with Gasteiger partial charge >= 0.3 is 0 Å². The first-order chi connectivity index (χ1) is 13.2. The third kappa shape index (κ3) is 4.88. The molecular formula is C22H30O6. The second-order valence-corrected chi connectivity index (χ2v) is 7.51. The molecule has 2 rings (SSSR count). The van der Waals surface area contributed by atoms with Crippen LogP contribution in [0.2, 0.25) is 0 Å². The van der Waals surface area contributed by atoms with Crippen LogP contribution >= 0.6 is 0 Å². The summed E-state index contributed by atoms with van der Waals surface area (Å²) in [7, 11) is 4.63. The Bertz CT molecular complexity index is 781. The minimum absolute atomic E-state index is 0.0403. The van der Waals surface area contributed by atoms with E-state index in [1.165, 1.54) is 7.11 Å². The molecule has 2 aromatic rings. The molecule has 28 heavy (non-hydrogen) atoms. The van der Waals surface area contributed by atoms with Gasteiger partial charge in [-0.3, -0.25) is 0 Å². The van der Waals surface area contributed by atoms with Gasteiger partial charge < -0.3 is 29.2 Å². The molecule has 6 heteroatoms. The van der Waals surface area contributed by atoms with E-state index in [0.29, 0.717) is 28.6 Å². The average molecular weight is 390 g/mol. The Morgan fingerprint density at radius 2 is 1.39 bits per heavy atom. The van der Waals surface area contributed by atoms with Gasteiger partial charge in [0.1, 0.15) is 6.10 Å². The van der Waals surface area contributed by atoms with E-state index in [1.807, 2.05) is 12.1 Å². The van der Waals surface area contributed by atoms with Gasteiger partial charge in [0.2, 0.25) is 0 Å². The Hall–Kier alpha value is -2.44. The van der Waals surface area contributed by atoms with Gasteiger partial charge in [0.15, 0.2) is 29.1 Å². The zero-order valence-electron chi connectivity index (χ0n) is 17.4. The lowest BCUT2D eigenvalue weighted by molar-refractivity contribution is -0.000537. The number of rotatable bonds is 8. The van der Waals surface area contributed by atoms with Crippen molar-refractivity contribution in [1.29, 1.82) is 0 Å². The third-order valence-corrected chi connectivity index (χ3v) is 4.59. The molecule has 0 fully saturated rings. The molecule has 2 N–H and O–H groups in total. The number of benzene rings is 2. The normalized spacial score (nSPS) is 13.6. The molecule has 0 aliphatic heterocycles. The molecule has 2 aromatic carbocycles. The number of aliphatic hydroxyl groups is 2. The van der Waals surface area contributed by atoms with Crippen molar-refractivity contribution in [3.05, 3.63) is 47.5 Å². The number of hydrogen-bond acceptors (Lipinski definition) is 6. The van der Waals surface area contributed by atoms with Crippen molar-refractivity contribution in [2.24, 2.45) is 0 Å². The van der Waals surface area contributed by atoms with E-state index in [-0.39, 0.29) is 12.0 Å². The van der Waals surface area contributed by atoms with Gasteiger partial charge in [-0.1, -0.05) is 32.9 Å². The molecule has 0 saturated carbocycles. The molecule has 6 nitrogen and oxygen atoms in total. The number of hydrogen-bond donors (Lipinski definition) is 2. The number of methoxy groups -OCH3 is 3. The molecule has 0 bridgehead atoms. The van der Waals surface area contributed by atoms with E-state index in [9.17, 15) is 10.2 Å². The van der Waals surface area contributed by atoms with Crippen molar-refractivity contribution in [2.75, 3.05) is 27.9 Å². The number of ether oxygens (including phenoxy) is 4. The second-order valence-electron chi connectivity index (χ2n) is 7.51. The maximum absolute atomic E-state index is 10.8. The van der Waals surface area contributed by atoms with Crippen LogP contribution in [0.4, 0.5) is 0 Å². The Morgan fingerprint density at radius 1 is 0.821 bits per heavy atom. The Morgan fingerprint density at radius 3 is 1.93 bits per heavy atom. The summed E-state index contributed by atoms with van der Waals surface area (Å²) in [6, 6.07) is 10.7. The monoisotopic (exact) mass is 390 g/mol. The highest BCUT2D eigenvalue weighted by Gasteiger charge is 2.25. The van der Waals surface area contributed by atoms with E-state index in [2.05, 4.69) is 20.8 Å². The van der Waals surface area contributed by atoms with Crippen LogP contribution in [-0.2, 0) is 5.41 Å². The van der Waals surface area contributed by atoms with E-state index < -0.39 is 12.2 Å². The van der Waals surface area contributed by atoms with Crippen molar-refractivity contribution < 1.29 is 29.2 Å². The Balaban J connectivity index is 2.29. The van der Waals surface area contributed by atoms with Crippen molar-refractivity contribution >= 4 is 0 Å². The summed E-state index contributed by atoms with van der Waals surface area (Å²) in [5.74, 6) is 2.04. The summed E-state index contributed by atoms with van der Waals surface area (Å²) in [6.07, 6.45) is -1.95. The fourth-order valence-electron chi connectivity index (χ4n) is 2.85. The minimum Gasteiger partial charge on any atom is -0.493 e. The maximum Gasteiger partial charge on any atom is 0.161 e. The third-order valence-electron chi connectivity index (χ3n) is 4.59. The zero-order valence-corrected chi connectivity index (χ0v) is 17.4. The van der Waals surface area contributed by atoms with Crippen molar-refractivity contribution in [3.8, 4) is 23.0 Å². The van der Waals surface area contributed by atoms with Gasteiger partial charge in [0.05, 0.1) is 27.9 Å². The van der Waals surface area contributed by atoms with Gasteiger partial charge in [0.25, 0.3) is 0 Å². The highest BCUT2D eigenvalue weighted by molar-refractivity contribution is 5.46. The molecule has 0 heterocycles. The lowest BCUT2D eigenvalue weighted by Crippen LogP contribution is -2.29. The molecule has 2 unspecified atom stereocenters. The summed E-state index contributed by atoms with van der Waals surface area (Å²) in [4.78, 5) is 0.